The Morgan fingerprint density at radius 3 is 2.28 bits per heavy atom. The molecule has 0 atom stereocenters. The van der Waals surface area contributed by atoms with Crippen molar-refractivity contribution in [2.24, 2.45) is 0 Å². The molecule has 3 rings (SSSR count). The summed E-state index contributed by atoms with van der Waals surface area (Å²) in [6.07, 6.45) is 2.39. The summed E-state index contributed by atoms with van der Waals surface area (Å²) in [5.74, 6) is -0.464. The number of nitrogens with one attached hydrogen (secondary N) is 2. The molecule has 2 aromatic carbocycles. The standard InChI is InChI=1S/C19H23N3O5S2/c1-3-14-7-10-18(20-28(24,25)4-2)16(11-14)12-15-5-8-17(9-6-15)22-13-19(23)21-29(22,26)27/h5-11,13,20-21,23H,3-4,12H2,1-2H3. The Bertz CT molecular complexity index is 1140. The van der Waals surface area contributed by atoms with Crippen LogP contribution in [0.5, 0.6) is 0 Å². The number of aliphatic hydroxyl groups excluding tert-OH is 1. The third kappa shape index (κ3) is 4.83. The Morgan fingerprint density at radius 1 is 1.07 bits per heavy atom. The maximum absolute atomic E-state index is 12.0. The molecule has 0 bridgehead atoms. The highest BCUT2D eigenvalue weighted by Crippen LogP contribution is 2.26. The largest absolute Gasteiger partial charge is 0.493 e. The first-order valence-corrected chi connectivity index (χ1v) is 12.2. The molecular weight excluding hydrogens is 414 g/mol. The highest BCUT2D eigenvalue weighted by atomic mass is 32.2. The maximum Gasteiger partial charge on any atom is 0.330 e. The number of hydrogen-bond acceptors (Lipinski definition) is 5. The minimum Gasteiger partial charge on any atom is -0.493 e. The molecule has 2 aromatic rings. The molecule has 0 saturated heterocycles. The molecule has 10 heteroatoms. The fourth-order valence-corrected chi connectivity index (χ4v) is 4.67. The summed E-state index contributed by atoms with van der Waals surface area (Å²) in [5.41, 5.74) is 3.72. The topological polar surface area (TPSA) is 116 Å². The van der Waals surface area contributed by atoms with E-state index in [9.17, 15) is 21.9 Å². The molecule has 0 aromatic heterocycles. The van der Waals surface area contributed by atoms with Gasteiger partial charge in [-0.15, -0.1) is 0 Å². The lowest BCUT2D eigenvalue weighted by Gasteiger charge is -2.16. The van der Waals surface area contributed by atoms with Crippen LogP contribution >= 0.6 is 0 Å². The van der Waals surface area contributed by atoms with Crippen molar-refractivity contribution in [3.05, 3.63) is 71.2 Å². The lowest BCUT2D eigenvalue weighted by atomic mass is 10.00. The van der Waals surface area contributed by atoms with Crippen LogP contribution in [0, 0.1) is 0 Å². The lowest BCUT2D eigenvalue weighted by Crippen LogP contribution is -2.29. The van der Waals surface area contributed by atoms with Gasteiger partial charge in [0.15, 0.2) is 0 Å². The summed E-state index contributed by atoms with van der Waals surface area (Å²) < 4.78 is 53.5. The third-order valence-corrected chi connectivity index (χ3v) is 7.13. The van der Waals surface area contributed by atoms with Gasteiger partial charge >= 0.3 is 10.2 Å². The van der Waals surface area contributed by atoms with E-state index >= 15 is 0 Å². The number of nitrogens with zero attached hydrogens (tertiary/aromatic N) is 1. The van der Waals surface area contributed by atoms with E-state index in [1.165, 1.54) is 0 Å². The Balaban J connectivity index is 1.88. The van der Waals surface area contributed by atoms with Crippen molar-refractivity contribution in [3.63, 3.8) is 0 Å². The second kappa shape index (κ2) is 7.96. The molecule has 0 amide bonds. The molecule has 1 heterocycles. The molecular formula is C19H23N3O5S2. The summed E-state index contributed by atoms with van der Waals surface area (Å²) in [5, 5.41) is 9.41. The SMILES string of the molecule is CCc1ccc(NS(=O)(=O)CC)c(Cc2ccc(N3C=C(O)NS3(=O)=O)cc2)c1. The Labute approximate surface area is 171 Å². The van der Waals surface area contributed by atoms with Gasteiger partial charge in [-0.3, -0.25) is 4.72 Å². The van der Waals surface area contributed by atoms with Crippen molar-refractivity contribution >= 4 is 31.6 Å². The highest BCUT2D eigenvalue weighted by Gasteiger charge is 2.28. The van der Waals surface area contributed by atoms with Crippen LogP contribution in [0.2, 0.25) is 0 Å². The van der Waals surface area contributed by atoms with Crippen LogP contribution in [-0.2, 0) is 33.1 Å². The van der Waals surface area contributed by atoms with Crippen molar-refractivity contribution < 1.29 is 21.9 Å². The van der Waals surface area contributed by atoms with Gasteiger partial charge in [-0.1, -0.05) is 31.2 Å². The number of rotatable bonds is 7. The molecule has 0 spiro atoms. The molecule has 1 aliphatic heterocycles. The van der Waals surface area contributed by atoms with Crippen LogP contribution in [0.4, 0.5) is 11.4 Å². The second-order valence-electron chi connectivity index (χ2n) is 6.61. The van der Waals surface area contributed by atoms with Crippen molar-refractivity contribution in [2.45, 2.75) is 26.7 Å². The number of aryl methyl sites for hydroxylation is 1. The zero-order chi connectivity index (χ0) is 21.2. The van der Waals surface area contributed by atoms with Gasteiger partial charge in [-0.25, -0.2) is 17.4 Å². The first kappa shape index (κ1) is 21.0. The van der Waals surface area contributed by atoms with Crippen LogP contribution in [0.1, 0.15) is 30.5 Å². The number of aliphatic hydroxyl groups is 1. The minimum absolute atomic E-state index is 0.0185. The molecule has 1 aliphatic rings. The number of hydrogen-bond donors (Lipinski definition) is 3. The fraction of sp³-hybridized carbons (Fsp3) is 0.263. The van der Waals surface area contributed by atoms with Gasteiger partial charge in [-0.05, 0) is 54.7 Å². The van der Waals surface area contributed by atoms with E-state index in [-0.39, 0.29) is 5.75 Å². The number of benzene rings is 2. The first-order valence-electron chi connectivity index (χ1n) is 9.07. The molecule has 0 fully saturated rings. The van der Waals surface area contributed by atoms with Crippen LogP contribution < -0.4 is 13.7 Å². The Kier molecular flexibility index (Phi) is 5.76. The summed E-state index contributed by atoms with van der Waals surface area (Å²) >= 11 is 0. The maximum atomic E-state index is 12.0. The zero-order valence-electron chi connectivity index (χ0n) is 16.1. The molecule has 8 nitrogen and oxygen atoms in total. The van der Waals surface area contributed by atoms with Gasteiger partial charge in [0, 0.05) is 0 Å². The average Bonchev–Trinajstić information content (AvgIpc) is 2.95. The summed E-state index contributed by atoms with van der Waals surface area (Å²) in [7, 11) is -7.24. The predicted octanol–water partition coefficient (Wildman–Crippen LogP) is 2.61. The van der Waals surface area contributed by atoms with Crippen molar-refractivity contribution in [1.82, 2.24) is 4.72 Å². The quantitative estimate of drug-likeness (QED) is 0.616. The molecule has 29 heavy (non-hydrogen) atoms. The predicted molar refractivity (Wildman–Crippen MR) is 113 cm³/mol. The fourth-order valence-electron chi connectivity index (χ4n) is 2.93. The van der Waals surface area contributed by atoms with Gasteiger partial charge in [-0.2, -0.15) is 8.42 Å². The van der Waals surface area contributed by atoms with Gasteiger partial charge in [0.1, 0.15) is 0 Å². The van der Waals surface area contributed by atoms with Gasteiger partial charge < -0.3 is 5.11 Å². The van der Waals surface area contributed by atoms with Crippen molar-refractivity contribution in [3.8, 4) is 0 Å². The van der Waals surface area contributed by atoms with Crippen LogP contribution in [0.15, 0.2) is 54.5 Å². The van der Waals surface area contributed by atoms with E-state index < -0.39 is 26.1 Å². The number of anilines is 2. The van der Waals surface area contributed by atoms with E-state index in [1.807, 2.05) is 23.8 Å². The molecule has 0 aliphatic carbocycles. The van der Waals surface area contributed by atoms with Crippen LogP contribution in [0.3, 0.4) is 0 Å². The molecule has 0 saturated carbocycles. The van der Waals surface area contributed by atoms with E-state index in [4.69, 9.17) is 0 Å². The molecule has 3 N–H and O–H groups in total. The Morgan fingerprint density at radius 2 is 1.72 bits per heavy atom. The molecule has 0 radical (unpaired) electrons. The van der Waals surface area contributed by atoms with E-state index in [2.05, 4.69) is 4.72 Å². The van der Waals surface area contributed by atoms with Crippen molar-refractivity contribution in [1.29, 1.82) is 0 Å². The normalized spacial score (nSPS) is 15.7. The first-order chi connectivity index (χ1) is 13.6. The highest BCUT2D eigenvalue weighted by molar-refractivity contribution is 7.92. The van der Waals surface area contributed by atoms with Gasteiger partial charge in [0.2, 0.25) is 15.9 Å². The monoisotopic (exact) mass is 437 g/mol. The van der Waals surface area contributed by atoms with Crippen molar-refractivity contribution in [2.75, 3.05) is 14.8 Å². The molecule has 0 unspecified atom stereocenters. The minimum atomic E-state index is -3.84. The summed E-state index contributed by atoms with van der Waals surface area (Å²) in [6.45, 7) is 3.60. The Hall–Kier alpha value is -2.72. The van der Waals surface area contributed by atoms with E-state index in [1.54, 1.807) is 37.3 Å². The van der Waals surface area contributed by atoms with Crippen LogP contribution in [-0.4, -0.2) is 27.7 Å². The van der Waals surface area contributed by atoms with Gasteiger partial charge in [0.05, 0.1) is 23.3 Å². The number of sulfonamides is 1. The molecule has 156 valence electrons. The summed E-state index contributed by atoms with van der Waals surface area (Å²) in [6, 6.07) is 12.4. The van der Waals surface area contributed by atoms with Crippen LogP contribution in [0.25, 0.3) is 0 Å². The zero-order valence-corrected chi connectivity index (χ0v) is 17.7. The van der Waals surface area contributed by atoms with Gasteiger partial charge in [0.25, 0.3) is 0 Å². The van der Waals surface area contributed by atoms with E-state index in [0.29, 0.717) is 17.8 Å². The second-order valence-corrected chi connectivity index (χ2v) is 10.2. The lowest BCUT2D eigenvalue weighted by molar-refractivity contribution is 0.392. The van der Waals surface area contributed by atoms with E-state index in [0.717, 1.165) is 33.6 Å². The average molecular weight is 438 g/mol. The third-order valence-electron chi connectivity index (χ3n) is 4.54. The smallest absolute Gasteiger partial charge is 0.330 e. The summed E-state index contributed by atoms with van der Waals surface area (Å²) in [4.78, 5) is 0.